The lowest BCUT2D eigenvalue weighted by atomic mass is 10.3. The van der Waals surface area contributed by atoms with Crippen LogP contribution < -0.4 is 9.64 Å². The Hall–Kier alpha value is -1.40. The van der Waals surface area contributed by atoms with Crippen LogP contribution in [0.4, 0.5) is 5.82 Å². The minimum absolute atomic E-state index is 0.221. The zero-order valence-electron chi connectivity index (χ0n) is 10.0. The molecule has 0 atom stereocenters. The molecule has 0 amide bonds. The number of piperazine rings is 1. The van der Waals surface area contributed by atoms with Gasteiger partial charge in [0.15, 0.2) is 5.82 Å². The Morgan fingerprint density at radius 2 is 2.06 bits per heavy atom. The first kappa shape index (κ1) is 12.1. The summed E-state index contributed by atoms with van der Waals surface area (Å²) in [4.78, 5) is 12.9. The first-order valence-electron chi connectivity index (χ1n) is 5.77. The van der Waals surface area contributed by atoms with Crippen LogP contribution in [0, 0.1) is 0 Å². The van der Waals surface area contributed by atoms with E-state index in [2.05, 4.69) is 19.8 Å². The Kier molecular flexibility index (Phi) is 4.11. The van der Waals surface area contributed by atoms with Gasteiger partial charge in [0.05, 0.1) is 26.1 Å². The lowest BCUT2D eigenvalue weighted by Crippen LogP contribution is -2.47. The van der Waals surface area contributed by atoms with Gasteiger partial charge >= 0.3 is 0 Å². The van der Waals surface area contributed by atoms with Gasteiger partial charge in [-0.25, -0.2) is 0 Å². The molecule has 1 aromatic heterocycles. The summed E-state index contributed by atoms with van der Waals surface area (Å²) in [5.74, 6) is 1.40. The molecule has 1 saturated heterocycles. The Balaban J connectivity index is 1.95. The maximum atomic E-state index is 8.88. The van der Waals surface area contributed by atoms with E-state index in [0.717, 1.165) is 38.5 Å². The number of ether oxygens (including phenoxy) is 1. The first-order valence-corrected chi connectivity index (χ1v) is 5.77. The summed E-state index contributed by atoms with van der Waals surface area (Å²) < 4.78 is 5.06. The number of anilines is 1. The summed E-state index contributed by atoms with van der Waals surface area (Å²) in [6.07, 6.45) is 3.36. The standard InChI is InChI=1S/C11H18N4O2/c1-17-11-9-12-8-10(13-11)15-4-2-14(3-5-15)6-7-16/h8-9,16H,2-7H2,1H3. The van der Waals surface area contributed by atoms with Gasteiger partial charge in [0.25, 0.3) is 0 Å². The molecule has 1 aliphatic rings. The van der Waals surface area contributed by atoms with E-state index < -0.39 is 0 Å². The van der Waals surface area contributed by atoms with Crippen molar-refractivity contribution >= 4 is 5.82 Å². The van der Waals surface area contributed by atoms with Crippen molar-refractivity contribution in [3.63, 3.8) is 0 Å². The topological polar surface area (TPSA) is 61.7 Å². The van der Waals surface area contributed by atoms with Gasteiger partial charge in [0.1, 0.15) is 0 Å². The minimum atomic E-state index is 0.221. The molecule has 0 unspecified atom stereocenters. The number of nitrogens with zero attached hydrogens (tertiary/aromatic N) is 4. The molecule has 6 nitrogen and oxygen atoms in total. The molecule has 2 rings (SSSR count). The Bertz CT molecular complexity index is 353. The third-order valence-electron chi connectivity index (χ3n) is 2.92. The van der Waals surface area contributed by atoms with Gasteiger partial charge < -0.3 is 14.7 Å². The fourth-order valence-electron chi connectivity index (χ4n) is 1.93. The van der Waals surface area contributed by atoms with Crippen molar-refractivity contribution in [2.45, 2.75) is 0 Å². The maximum absolute atomic E-state index is 8.88. The van der Waals surface area contributed by atoms with Gasteiger partial charge in [-0.05, 0) is 0 Å². The molecule has 1 N–H and O–H groups in total. The molecule has 1 aromatic rings. The van der Waals surface area contributed by atoms with E-state index in [4.69, 9.17) is 9.84 Å². The van der Waals surface area contributed by atoms with Gasteiger partial charge in [-0.2, -0.15) is 4.98 Å². The van der Waals surface area contributed by atoms with Crippen LogP contribution in [0.3, 0.4) is 0 Å². The quantitative estimate of drug-likeness (QED) is 0.770. The molecule has 0 spiro atoms. The Labute approximate surface area is 101 Å². The number of aliphatic hydroxyl groups is 1. The van der Waals surface area contributed by atoms with E-state index in [1.807, 2.05) is 0 Å². The van der Waals surface area contributed by atoms with Crippen LogP contribution in [0.2, 0.25) is 0 Å². The van der Waals surface area contributed by atoms with Gasteiger partial charge in [-0.3, -0.25) is 9.88 Å². The Morgan fingerprint density at radius 1 is 1.29 bits per heavy atom. The highest BCUT2D eigenvalue weighted by Gasteiger charge is 2.17. The van der Waals surface area contributed by atoms with E-state index in [-0.39, 0.29) is 6.61 Å². The lowest BCUT2D eigenvalue weighted by molar-refractivity contribution is 0.188. The van der Waals surface area contributed by atoms with Crippen LogP contribution in [0.1, 0.15) is 0 Å². The van der Waals surface area contributed by atoms with E-state index in [0.29, 0.717) is 5.88 Å². The molecule has 0 aromatic carbocycles. The van der Waals surface area contributed by atoms with Crippen LogP contribution >= 0.6 is 0 Å². The Morgan fingerprint density at radius 3 is 2.71 bits per heavy atom. The normalized spacial score (nSPS) is 17.2. The summed E-state index contributed by atoms with van der Waals surface area (Å²) in [5, 5.41) is 8.88. The number of aromatic nitrogens is 2. The summed E-state index contributed by atoms with van der Waals surface area (Å²) in [6.45, 7) is 4.67. The highest BCUT2D eigenvalue weighted by molar-refractivity contribution is 5.38. The smallest absolute Gasteiger partial charge is 0.233 e. The molecule has 0 saturated carbocycles. The van der Waals surface area contributed by atoms with Crippen molar-refractivity contribution in [3.05, 3.63) is 12.4 Å². The number of methoxy groups -OCH3 is 1. The van der Waals surface area contributed by atoms with E-state index >= 15 is 0 Å². The largest absolute Gasteiger partial charge is 0.480 e. The second-order valence-corrected chi connectivity index (χ2v) is 3.97. The number of rotatable bonds is 4. The van der Waals surface area contributed by atoms with Crippen LogP contribution in [0.25, 0.3) is 0 Å². The number of hydrogen-bond acceptors (Lipinski definition) is 6. The molecular formula is C11H18N4O2. The second-order valence-electron chi connectivity index (χ2n) is 3.97. The molecule has 1 aliphatic heterocycles. The van der Waals surface area contributed by atoms with Crippen molar-refractivity contribution in [1.82, 2.24) is 14.9 Å². The molecule has 17 heavy (non-hydrogen) atoms. The molecule has 0 bridgehead atoms. The predicted octanol–water partition coefficient (Wildman–Crippen LogP) is -0.401. The third kappa shape index (κ3) is 3.04. The number of hydrogen-bond donors (Lipinski definition) is 1. The van der Waals surface area contributed by atoms with Crippen molar-refractivity contribution in [3.8, 4) is 5.88 Å². The van der Waals surface area contributed by atoms with Gasteiger partial charge in [-0.1, -0.05) is 0 Å². The van der Waals surface area contributed by atoms with Crippen LogP contribution in [-0.4, -0.2) is 66.4 Å². The highest BCUT2D eigenvalue weighted by atomic mass is 16.5. The molecule has 2 heterocycles. The lowest BCUT2D eigenvalue weighted by Gasteiger charge is -2.34. The average molecular weight is 238 g/mol. The summed E-state index contributed by atoms with van der Waals surface area (Å²) in [6, 6.07) is 0. The number of aliphatic hydroxyl groups excluding tert-OH is 1. The van der Waals surface area contributed by atoms with E-state index in [1.54, 1.807) is 19.5 Å². The molecule has 0 aliphatic carbocycles. The van der Waals surface area contributed by atoms with Crippen molar-refractivity contribution in [1.29, 1.82) is 0 Å². The van der Waals surface area contributed by atoms with Gasteiger partial charge in [0.2, 0.25) is 5.88 Å². The summed E-state index contributed by atoms with van der Waals surface area (Å²) >= 11 is 0. The van der Waals surface area contributed by atoms with Crippen molar-refractivity contribution < 1.29 is 9.84 Å². The second kappa shape index (κ2) is 5.79. The monoisotopic (exact) mass is 238 g/mol. The zero-order chi connectivity index (χ0) is 12.1. The average Bonchev–Trinajstić information content (AvgIpc) is 2.40. The van der Waals surface area contributed by atoms with Crippen LogP contribution in [0.15, 0.2) is 12.4 Å². The van der Waals surface area contributed by atoms with Gasteiger partial charge in [-0.15, -0.1) is 0 Å². The maximum Gasteiger partial charge on any atom is 0.233 e. The third-order valence-corrected chi connectivity index (χ3v) is 2.92. The summed E-state index contributed by atoms with van der Waals surface area (Å²) in [5.41, 5.74) is 0. The van der Waals surface area contributed by atoms with Crippen LogP contribution in [0.5, 0.6) is 5.88 Å². The van der Waals surface area contributed by atoms with Crippen molar-refractivity contribution in [2.75, 3.05) is 51.3 Å². The minimum Gasteiger partial charge on any atom is -0.480 e. The predicted molar refractivity (Wildman–Crippen MR) is 64.3 cm³/mol. The summed E-state index contributed by atoms with van der Waals surface area (Å²) in [7, 11) is 1.59. The number of β-amino-alcohol motifs (C(OH)–C–C–N with tert-alkyl or cyclic N) is 1. The first-order chi connectivity index (χ1) is 8.33. The SMILES string of the molecule is COc1cncc(N2CCN(CCO)CC2)n1. The van der Waals surface area contributed by atoms with Gasteiger partial charge in [0, 0.05) is 32.7 Å². The fraction of sp³-hybridized carbons (Fsp3) is 0.636. The molecule has 1 fully saturated rings. The zero-order valence-corrected chi connectivity index (χ0v) is 10.0. The molecule has 0 radical (unpaired) electrons. The van der Waals surface area contributed by atoms with Crippen molar-refractivity contribution in [2.24, 2.45) is 0 Å². The molecule has 94 valence electrons. The van der Waals surface area contributed by atoms with Crippen LogP contribution in [-0.2, 0) is 0 Å². The fourth-order valence-corrected chi connectivity index (χ4v) is 1.93. The van der Waals surface area contributed by atoms with E-state index in [9.17, 15) is 0 Å². The van der Waals surface area contributed by atoms with E-state index in [1.165, 1.54) is 0 Å². The highest BCUT2D eigenvalue weighted by Crippen LogP contribution is 2.15. The molecule has 6 heteroatoms. The molecular weight excluding hydrogens is 220 g/mol.